The smallest absolute Gasteiger partial charge is 0.229 e. The number of methoxy groups -OCH3 is 2. The minimum atomic E-state index is 0.478. The highest BCUT2D eigenvalue weighted by Gasteiger charge is 2.07. The Hall–Kier alpha value is -3.28. The molecule has 26 heavy (non-hydrogen) atoms. The van der Waals surface area contributed by atoms with Crippen LogP contribution in [0.4, 0.5) is 17.5 Å². The number of aryl methyl sites for hydroxylation is 1. The van der Waals surface area contributed by atoms with Gasteiger partial charge in [-0.1, -0.05) is 29.8 Å². The molecule has 134 valence electrons. The minimum Gasteiger partial charge on any atom is -0.497 e. The third-order valence-corrected chi connectivity index (χ3v) is 3.86. The van der Waals surface area contributed by atoms with Gasteiger partial charge in [-0.05, 0) is 30.7 Å². The Morgan fingerprint density at radius 2 is 1.88 bits per heavy atom. The molecule has 3 aromatic rings. The van der Waals surface area contributed by atoms with E-state index in [2.05, 4.69) is 45.7 Å². The Labute approximate surface area is 153 Å². The van der Waals surface area contributed by atoms with Crippen molar-refractivity contribution in [1.82, 2.24) is 9.97 Å². The normalized spacial score (nSPS) is 10.3. The first-order chi connectivity index (χ1) is 12.7. The third kappa shape index (κ3) is 4.42. The largest absolute Gasteiger partial charge is 0.497 e. The zero-order valence-electron chi connectivity index (χ0n) is 15.1. The molecule has 0 aliphatic rings. The first-order valence-electron chi connectivity index (χ1n) is 8.29. The quantitative estimate of drug-likeness (QED) is 0.667. The lowest BCUT2D eigenvalue weighted by atomic mass is 10.1. The number of aromatic nitrogens is 2. The molecule has 0 radical (unpaired) electrons. The van der Waals surface area contributed by atoms with E-state index in [-0.39, 0.29) is 0 Å². The van der Waals surface area contributed by atoms with E-state index < -0.39 is 0 Å². The molecule has 0 spiro atoms. The molecule has 2 aromatic carbocycles. The zero-order chi connectivity index (χ0) is 18.4. The Morgan fingerprint density at radius 3 is 2.65 bits per heavy atom. The van der Waals surface area contributed by atoms with Gasteiger partial charge in [-0.3, -0.25) is 0 Å². The van der Waals surface area contributed by atoms with Crippen molar-refractivity contribution < 1.29 is 9.47 Å². The molecular weight excluding hydrogens is 328 g/mol. The predicted molar refractivity (Wildman–Crippen MR) is 103 cm³/mol. The lowest BCUT2D eigenvalue weighted by Crippen LogP contribution is -2.05. The molecule has 0 aliphatic heterocycles. The van der Waals surface area contributed by atoms with Crippen molar-refractivity contribution in [3.63, 3.8) is 0 Å². The molecule has 0 fully saturated rings. The van der Waals surface area contributed by atoms with Gasteiger partial charge in [0.2, 0.25) is 5.95 Å². The number of nitrogens with one attached hydrogen (secondary N) is 2. The van der Waals surface area contributed by atoms with Crippen LogP contribution in [0.5, 0.6) is 11.5 Å². The molecule has 1 heterocycles. The molecule has 0 saturated carbocycles. The molecule has 6 heteroatoms. The van der Waals surface area contributed by atoms with Gasteiger partial charge < -0.3 is 20.1 Å². The highest BCUT2D eigenvalue weighted by Crippen LogP contribution is 2.30. The van der Waals surface area contributed by atoms with Crippen LogP contribution in [0.25, 0.3) is 0 Å². The van der Waals surface area contributed by atoms with E-state index in [1.54, 1.807) is 20.4 Å². The van der Waals surface area contributed by atoms with E-state index >= 15 is 0 Å². The van der Waals surface area contributed by atoms with E-state index in [0.29, 0.717) is 18.2 Å². The minimum absolute atomic E-state index is 0.478. The van der Waals surface area contributed by atoms with Crippen molar-refractivity contribution >= 4 is 17.5 Å². The Kier molecular flexibility index (Phi) is 5.53. The lowest BCUT2D eigenvalue weighted by molar-refractivity contribution is 0.405. The molecular formula is C20H22N4O2. The van der Waals surface area contributed by atoms with Crippen molar-refractivity contribution in [3.8, 4) is 11.5 Å². The van der Waals surface area contributed by atoms with E-state index in [1.807, 2.05) is 30.3 Å². The summed E-state index contributed by atoms with van der Waals surface area (Å²) in [4.78, 5) is 8.78. The summed E-state index contributed by atoms with van der Waals surface area (Å²) in [5.74, 6) is 2.63. The van der Waals surface area contributed by atoms with Crippen LogP contribution < -0.4 is 20.1 Å². The van der Waals surface area contributed by atoms with Crippen LogP contribution >= 0.6 is 0 Å². The van der Waals surface area contributed by atoms with Crippen molar-refractivity contribution in [3.05, 3.63) is 65.9 Å². The second kappa shape index (κ2) is 8.20. The number of nitrogens with zero attached hydrogens (tertiary/aromatic N) is 2. The maximum absolute atomic E-state index is 5.37. The molecule has 0 bridgehead atoms. The fraction of sp³-hybridized carbons (Fsp3) is 0.200. The number of rotatable bonds is 7. The highest BCUT2D eigenvalue weighted by molar-refractivity contribution is 5.65. The maximum Gasteiger partial charge on any atom is 0.229 e. The summed E-state index contributed by atoms with van der Waals surface area (Å²) in [5, 5.41) is 6.50. The Bertz CT molecular complexity index is 883. The van der Waals surface area contributed by atoms with Crippen molar-refractivity contribution in [2.24, 2.45) is 0 Å². The van der Waals surface area contributed by atoms with Gasteiger partial charge in [0, 0.05) is 18.8 Å². The van der Waals surface area contributed by atoms with Crippen molar-refractivity contribution in [2.45, 2.75) is 13.5 Å². The lowest BCUT2D eigenvalue weighted by Gasteiger charge is -2.12. The Balaban J connectivity index is 1.73. The third-order valence-electron chi connectivity index (χ3n) is 3.86. The van der Waals surface area contributed by atoms with Gasteiger partial charge in [-0.15, -0.1) is 0 Å². The summed E-state index contributed by atoms with van der Waals surface area (Å²) < 4.78 is 10.6. The number of ether oxygens (including phenoxy) is 2. The summed E-state index contributed by atoms with van der Waals surface area (Å²) in [6, 6.07) is 15.7. The Morgan fingerprint density at radius 1 is 1.00 bits per heavy atom. The molecule has 2 N–H and O–H groups in total. The number of hydrogen-bond acceptors (Lipinski definition) is 6. The highest BCUT2D eigenvalue weighted by atomic mass is 16.5. The topological polar surface area (TPSA) is 68.3 Å². The monoisotopic (exact) mass is 350 g/mol. The van der Waals surface area contributed by atoms with Crippen molar-refractivity contribution in [2.75, 3.05) is 24.9 Å². The average Bonchev–Trinajstić information content (AvgIpc) is 2.67. The summed E-state index contributed by atoms with van der Waals surface area (Å²) in [5.41, 5.74) is 3.18. The van der Waals surface area contributed by atoms with E-state index in [9.17, 15) is 0 Å². The van der Waals surface area contributed by atoms with Crippen LogP contribution in [0.1, 0.15) is 11.1 Å². The van der Waals surface area contributed by atoms with Gasteiger partial charge in [-0.25, -0.2) is 4.98 Å². The molecule has 0 unspecified atom stereocenters. The van der Waals surface area contributed by atoms with Gasteiger partial charge in [-0.2, -0.15) is 4.98 Å². The van der Waals surface area contributed by atoms with Crippen LogP contribution in [-0.4, -0.2) is 24.2 Å². The van der Waals surface area contributed by atoms with E-state index in [4.69, 9.17) is 9.47 Å². The summed E-state index contributed by atoms with van der Waals surface area (Å²) in [7, 11) is 3.24. The number of hydrogen-bond donors (Lipinski definition) is 2. The molecule has 3 rings (SSSR count). The van der Waals surface area contributed by atoms with Gasteiger partial charge in [0.15, 0.2) is 0 Å². The van der Waals surface area contributed by atoms with Gasteiger partial charge >= 0.3 is 0 Å². The molecule has 0 amide bonds. The number of benzene rings is 2. The van der Waals surface area contributed by atoms with Gasteiger partial charge in [0.25, 0.3) is 0 Å². The standard InChI is InChI=1S/C20H22N4O2/c1-14-5-4-6-15(11-14)13-22-19-9-10-21-20(24-19)23-17-12-16(25-2)7-8-18(17)26-3/h4-12H,13H2,1-3H3,(H2,21,22,23,24). The van der Waals surface area contributed by atoms with E-state index in [1.165, 1.54) is 11.1 Å². The maximum atomic E-state index is 5.37. The van der Waals surface area contributed by atoms with Crippen LogP contribution in [0.15, 0.2) is 54.7 Å². The first-order valence-corrected chi connectivity index (χ1v) is 8.29. The average molecular weight is 350 g/mol. The predicted octanol–water partition coefficient (Wildman–Crippen LogP) is 4.16. The first kappa shape index (κ1) is 17.5. The second-order valence-corrected chi connectivity index (χ2v) is 5.80. The van der Waals surface area contributed by atoms with Gasteiger partial charge in [0.05, 0.1) is 19.9 Å². The van der Waals surface area contributed by atoms with Crippen molar-refractivity contribution in [1.29, 1.82) is 0 Å². The zero-order valence-corrected chi connectivity index (χ0v) is 15.1. The fourth-order valence-corrected chi connectivity index (χ4v) is 2.56. The summed E-state index contributed by atoms with van der Waals surface area (Å²) in [6.07, 6.45) is 1.71. The summed E-state index contributed by atoms with van der Waals surface area (Å²) >= 11 is 0. The van der Waals surface area contributed by atoms with Crippen LogP contribution in [0.2, 0.25) is 0 Å². The van der Waals surface area contributed by atoms with Crippen LogP contribution in [-0.2, 0) is 6.54 Å². The molecule has 0 atom stereocenters. The molecule has 6 nitrogen and oxygen atoms in total. The fourth-order valence-electron chi connectivity index (χ4n) is 2.56. The number of anilines is 3. The second-order valence-electron chi connectivity index (χ2n) is 5.80. The SMILES string of the molecule is COc1ccc(OC)c(Nc2nccc(NCc3cccc(C)c3)n2)c1. The summed E-state index contributed by atoms with van der Waals surface area (Å²) in [6.45, 7) is 2.78. The molecule has 1 aromatic heterocycles. The van der Waals surface area contributed by atoms with Gasteiger partial charge in [0.1, 0.15) is 17.3 Å². The molecule has 0 saturated heterocycles. The van der Waals surface area contributed by atoms with E-state index in [0.717, 1.165) is 17.3 Å². The molecule has 0 aliphatic carbocycles. The van der Waals surface area contributed by atoms with Crippen LogP contribution in [0.3, 0.4) is 0 Å². The van der Waals surface area contributed by atoms with Crippen LogP contribution in [0, 0.1) is 6.92 Å².